The standard InChI is InChI=1S/C14H26N2O/c1-15-11-14(8-4-9-14)13(17)16-10-7-12-5-2-3-6-12/h12,15H,2-11H2,1H3,(H,16,17). The largest absolute Gasteiger partial charge is 0.356 e. The molecule has 0 aromatic carbocycles. The summed E-state index contributed by atoms with van der Waals surface area (Å²) in [6.45, 7) is 1.72. The van der Waals surface area contributed by atoms with Crippen molar-refractivity contribution in [2.45, 2.75) is 51.4 Å². The van der Waals surface area contributed by atoms with E-state index in [0.29, 0.717) is 0 Å². The number of nitrogens with one attached hydrogen (secondary N) is 2. The second-order valence-electron chi connectivity index (χ2n) is 5.86. The first-order valence-electron chi connectivity index (χ1n) is 7.20. The second-order valence-corrected chi connectivity index (χ2v) is 5.86. The molecule has 0 heterocycles. The van der Waals surface area contributed by atoms with Crippen molar-refractivity contribution in [1.82, 2.24) is 10.6 Å². The smallest absolute Gasteiger partial charge is 0.227 e. The van der Waals surface area contributed by atoms with Crippen LogP contribution in [0.3, 0.4) is 0 Å². The van der Waals surface area contributed by atoms with Gasteiger partial charge in [-0.15, -0.1) is 0 Å². The Morgan fingerprint density at radius 1 is 1.24 bits per heavy atom. The van der Waals surface area contributed by atoms with Crippen molar-refractivity contribution >= 4 is 5.91 Å². The molecular formula is C14H26N2O. The maximum atomic E-state index is 12.2. The van der Waals surface area contributed by atoms with E-state index in [-0.39, 0.29) is 11.3 Å². The molecule has 0 bridgehead atoms. The zero-order chi connectivity index (χ0) is 12.1. The molecule has 0 radical (unpaired) electrons. The normalized spacial score (nSPS) is 23.4. The molecule has 0 saturated heterocycles. The molecular weight excluding hydrogens is 212 g/mol. The summed E-state index contributed by atoms with van der Waals surface area (Å²) in [5.74, 6) is 1.16. The van der Waals surface area contributed by atoms with Crippen LogP contribution in [-0.4, -0.2) is 26.0 Å². The lowest BCUT2D eigenvalue weighted by atomic mass is 9.68. The Balaban J connectivity index is 1.68. The Morgan fingerprint density at radius 3 is 2.47 bits per heavy atom. The van der Waals surface area contributed by atoms with Gasteiger partial charge in [0.2, 0.25) is 5.91 Å². The highest BCUT2D eigenvalue weighted by molar-refractivity contribution is 5.83. The monoisotopic (exact) mass is 238 g/mol. The molecule has 2 N–H and O–H groups in total. The van der Waals surface area contributed by atoms with Gasteiger partial charge in [-0.1, -0.05) is 32.1 Å². The maximum Gasteiger partial charge on any atom is 0.227 e. The first-order chi connectivity index (χ1) is 8.27. The average Bonchev–Trinajstić information content (AvgIpc) is 2.76. The van der Waals surface area contributed by atoms with Crippen LogP contribution in [0, 0.1) is 11.3 Å². The van der Waals surface area contributed by atoms with E-state index in [2.05, 4.69) is 10.6 Å². The topological polar surface area (TPSA) is 41.1 Å². The molecule has 0 atom stereocenters. The molecule has 1 amide bonds. The van der Waals surface area contributed by atoms with Crippen LogP contribution in [-0.2, 0) is 4.79 Å². The molecule has 2 fully saturated rings. The van der Waals surface area contributed by atoms with Gasteiger partial charge >= 0.3 is 0 Å². The van der Waals surface area contributed by atoms with E-state index in [4.69, 9.17) is 0 Å². The van der Waals surface area contributed by atoms with Crippen molar-refractivity contribution in [2.24, 2.45) is 11.3 Å². The predicted molar refractivity (Wildman–Crippen MR) is 69.8 cm³/mol. The lowest BCUT2D eigenvalue weighted by Crippen LogP contribution is -2.51. The summed E-state index contributed by atoms with van der Waals surface area (Å²) in [5, 5.41) is 6.32. The van der Waals surface area contributed by atoms with Gasteiger partial charge in [-0.2, -0.15) is 0 Å². The minimum absolute atomic E-state index is 0.0789. The van der Waals surface area contributed by atoms with Crippen molar-refractivity contribution in [1.29, 1.82) is 0 Å². The molecule has 2 aliphatic carbocycles. The zero-order valence-corrected chi connectivity index (χ0v) is 11.1. The molecule has 0 aromatic rings. The van der Waals surface area contributed by atoms with Crippen molar-refractivity contribution in [3.05, 3.63) is 0 Å². The Hall–Kier alpha value is -0.570. The van der Waals surface area contributed by atoms with Gasteiger partial charge in [0, 0.05) is 13.1 Å². The van der Waals surface area contributed by atoms with Crippen LogP contribution in [0.25, 0.3) is 0 Å². The van der Waals surface area contributed by atoms with E-state index < -0.39 is 0 Å². The predicted octanol–water partition coefficient (Wildman–Crippen LogP) is 2.07. The fourth-order valence-electron chi connectivity index (χ4n) is 3.30. The summed E-state index contributed by atoms with van der Waals surface area (Å²) >= 11 is 0. The molecule has 0 spiro atoms. The van der Waals surface area contributed by atoms with E-state index in [9.17, 15) is 4.79 Å². The molecule has 2 rings (SSSR count). The fraction of sp³-hybridized carbons (Fsp3) is 0.929. The number of carbonyl (C=O) groups is 1. The Morgan fingerprint density at radius 2 is 1.94 bits per heavy atom. The van der Waals surface area contributed by atoms with Crippen LogP contribution in [0.4, 0.5) is 0 Å². The van der Waals surface area contributed by atoms with Crippen molar-refractivity contribution < 1.29 is 4.79 Å². The Labute approximate surface area is 105 Å². The number of hydrogen-bond acceptors (Lipinski definition) is 2. The van der Waals surface area contributed by atoms with Crippen molar-refractivity contribution in [2.75, 3.05) is 20.1 Å². The molecule has 2 aliphatic rings. The van der Waals surface area contributed by atoms with Crippen LogP contribution < -0.4 is 10.6 Å². The van der Waals surface area contributed by atoms with Gasteiger partial charge in [-0.05, 0) is 32.2 Å². The Kier molecular flexibility index (Phi) is 4.43. The summed E-state index contributed by atoms with van der Waals surface area (Å²) in [6.07, 6.45) is 10.0. The molecule has 3 heteroatoms. The van der Waals surface area contributed by atoms with Crippen LogP contribution in [0.1, 0.15) is 51.4 Å². The van der Waals surface area contributed by atoms with E-state index in [1.807, 2.05) is 7.05 Å². The van der Waals surface area contributed by atoms with Crippen molar-refractivity contribution in [3.63, 3.8) is 0 Å². The summed E-state index contributed by atoms with van der Waals surface area (Å²) in [7, 11) is 1.94. The lowest BCUT2D eigenvalue weighted by Gasteiger charge is -2.40. The highest BCUT2D eigenvalue weighted by Gasteiger charge is 2.43. The zero-order valence-electron chi connectivity index (χ0n) is 11.1. The highest BCUT2D eigenvalue weighted by Crippen LogP contribution is 2.40. The minimum Gasteiger partial charge on any atom is -0.356 e. The molecule has 0 aliphatic heterocycles. The highest BCUT2D eigenvalue weighted by atomic mass is 16.2. The lowest BCUT2D eigenvalue weighted by molar-refractivity contribution is -0.135. The third-order valence-electron chi connectivity index (χ3n) is 4.62. The number of rotatable bonds is 6. The van der Waals surface area contributed by atoms with Gasteiger partial charge < -0.3 is 10.6 Å². The number of amides is 1. The van der Waals surface area contributed by atoms with Gasteiger partial charge in [-0.3, -0.25) is 4.79 Å². The first-order valence-corrected chi connectivity index (χ1v) is 7.20. The fourth-order valence-corrected chi connectivity index (χ4v) is 3.30. The molecule has 0 unspecified atom stereocenters. The maximum absolute atomic E-state index is 12.2. The Bertz CT molecular complexity index is 255. The van der Waals surface area contributed by atoms with Gasteiger partial charge in [-0.25, -0.2) is 0 Å². The summed E-state index contributed by atoms with van der Waals surface area (Å²) in [4.78, 5) is 12.2. The molecule has 17 heavy (non-hydrogen) atoms. The summed E-state index contributed by atoms with van der Waals surface area (Å²) in [6, 6.07) is 0. The van der Waals surface area contributed by atoms with Crippen LogP contribution in [0.5, 0.6) is 0 Å². The SMILES string of the molecule is CNCC1(C(=O)NCCC2CCCC2)CCC1. The molecule has 3 nitrogen and oxygen atoms in total. The summed E-state index contributed by atoms with van der Waals surface area (Å²) in [5.41, 5.74) is -0.0789. The second kappa shape index (κ2) is 5.85. The average molecular weight is 238 g/mol. The van der Waals surface area contributed by atoms with Gasteiger partial charge in [0.05, 0.1) is 5.41 Å². The molecule has 2 saturated carbocycles. The third kappa shape index (κ3) is 3.01. The quantitative estimate of drug-likeness (QED) is 0.744. The summed E-state index contributed by atoms with van der Waals surface area (Å²) < 4.78 is 0. The van der Waals surface area contributed by atoms with E-state index in [1.54, 1.807) is 0 Å². The number of carbonyl (C=O) groups excluding carboxylic acids is 1. The van der Waals surface area contributed by atoms with Gasteiger partial charge in [0.1, 0.15) is 0 Å². The van der Waals surface area contributed by atoms with Crippen molar-refractivity contribution in [3.8, 4) is 0 Å². The third-order valence-corrected chi connectivity index (χ3v) is 4.62. The van der Waals surface area contributed by atoms with Crippen LogP contribution in [0.2, 0.25) is 0 Å². The molecule has 98 valence electrons. The molecule has 0 aromatic heterocycles. The first kappa shape index (κ1) is 12.9. The van der Waals surface area contributed by atoms with E-state index in [0.717, 1.165) is 31.8 Å². The van der Waals surface area contributed by atoms with Crippen LogP contribution >= 0.6 is 0 Å². The van der Waals surface area contributed by atoms with E-state index >= 15 is 0 Å². The minimum atomic E-state index is -0.0789. The van der Waals surface area contributed by atoms with E-state index in [1.165, 1.54) is 38.5 Å². The van der Waals surface area contributed by atoms with Gasteiger partial charge in [0.15, 0.2) is 0 Å². The number of hydrogen-bond donors (Lipinski definition) is 2. The van der Waals surface area contributed by atoms with Crippen LogP contribution in [0.15, 0.2) is 0 Å². The van der Waals surface area contributed by atoms with Gasteiger partial charge in [0.25, 0.3) is 0 Å².